The number of nitrogen functional groups attached to an aromatic ring is 1. The number of ether oxygens (including phenoxy) is 6. The third-order valence-corrected chi connectivity index (χ3v) is 13.2. The number of carbonyl (C=O) groups excluding carboxylic acids is 7. The predicted octanol–water partition coefficient (Wildman–Crippen LogP) is 4.90. The van der Waals surface area contributed by atoms with Gasteiger partial charge >= 0.3 is 65.9 Å². The standard InChI is InChI=1S/C13H22N2O4.C11H16BrN3O2.C11H18N4O2.C11H16N2O3.C6H8BrN3.C5H11NO2.C3H3N.H4N2O.Na.H/c1-6-18-11(16)7-9-15(10-8-14-5)12(17)19-13(2,3)4;2*1-11(2,3)17-10(16)15-5-4-8-7(6-15)9(12)14-13-8;1-11(2,3)16-10(15)13-5-4-9(14)8(6-12)7-13;7-6-4-3-8-2-1-5(4)9-10-6;1-2-8-5(7)3-4-6;1-3-4-2;1-2-3;;/h6-10H2,1-4H3;4-6H2,1-3H3,(H,13,14);4-6H2,1-3H3,(H3,12,13,14);8H,4-5,7H2,1-3H3;8H,1-3H2,(H,9,10);2-4,6H2,1H3;3H,1H2;2-3H,1H2;;/q;;;;;;;;+1;-1. The summed E-state index contributed by atoms with van der Waals surface area (Å²) >= 11 is 6.74. The summed E-state index contributed by atoms with van der Waals surface area (Å²) in [5.74, 6) is 3.24. The molecule has 0 saturated carbocycles. The van der Waals surface area contributed by atoms with Gasteiger partial charge in [0.05, 0.1) is 58.3 Å². The first-order chi connectivity index (χ1) is 43.9. The Labute approximate surface area is 598 Å². The Morgan fingerprint density at radius 1 is 0.737 bits per heavy atom. The third-order valence-electron chi connectivity index (χ3n) is 11.9. The van der Waals surface area contributed by atoms with E-state index in [2.05, 4.69) is 94.6 Å². The molecule has 0 aliphatic carbocycles. The van der Waals surface area contributed by atoms with Gasteiger partial charge in [0, 0.05) is 112 Å². The molecule has 0 spiro atoms. The zero-order chi connectivity index (χ0) is 72.0. The molecule has 35 heteroatoms. The van der Waals surface area contributed by atoms with E-state index < -0.39 is 40.5 Å². The van der Waals surface area contributed by atoms with Crippen molar-refractivity contribution in [3.05, 3.63) is 78.6 Å². The summed E-state index contributed by atoms with van der Waals surface area (Å²) in [5.41, 5.74) is 16.6. The predicted molar refractivity (Wildman–Crippen MR) is 356 cm³/mol. The van der Waals surface area contributed by atoms with Gasteiger partial charge in [0.25, 0.3) is 0 Å². The topological polar surface area (TPSA) is 429 Å². The van der Waals surface area contributed by atoms with Gasteiger partial charge in [0.2, 0.25) is 6.54 Å². The van der Waals surface area contributed by atoms with Gasteiger partial charge in [-0.2, -0.15) is 20.6 Å². The van der Waals surface area contributed by atoms with Gasteiger partial charge in [-0.25, -0.2) is 36.4 Å². The van der Waals surface area contributed by atoms with Crippen LogP contribution in [0, 0.1) is 30.4 Å². The van der Waals surface area contributed by atoms with Crippen molar-refractivity contribution in [1.29, 1.82) is 5.26 Å². The number of aromatic amines is 3. The van der Waals surface area contributed by atoms with Crippen molar-refractivity contribution >= 4 is 79.8 Å². The number of aromatic nitrogens is 6. The average Bonchev–Trinajstić information content (AvgIpc) is 1.63. The first-order valence-corrected chi connectivity index (χ1v) is 31.7. The van der Waals surface area contributed by atoms with Crippen LogP contribution >= 0.6 is 31.9 Å². The van der Waals surface area contributed by atoms with E-state index in [-0.39, 0.29) is 99.9 Å². The minimum Gasteiger partial charge on any atom is -1.00 e. The molecule has 95 heavy (non-hydrogen) atoms. The Kier molecular flexibility index (Phi) is 43.9. The number of H-pyrrole nitrogens is 3. The molecular weight excluding hydrogens is 1380 g/mol. The average molecular weight is 1480 g/mol. The van der Waals surface area contributed by atoms with E-state index in [4.69, 9.17) is 58.8 Å². The SMILES string of the molecule is Brc1n[nH]c2c1CNCC2.CC(C)(C)OC(=O)N1CCC(=O)C(C#N)C1.CC(C)(C)OC(=O)N1CCc2[nH]nc(Br)c2C1.CC(C)(C)OC(=O)N1CCc2[nH]nc(N)c2C1.CCOC(=O)CCN.NNO.[C-]#[N+]C=C.[C-]#[N+]CCN(CCC(=O)OCC)C(=O)OC(C)(C)C.[H-].[Na+]. The minimum atomic E-state index is -0.707. The number of esters is 2. The summed E-state index contributed by atoms with van der Waals surface area (Å²) < 4.78 is 32.2. The molecule has 4 amide bonds. The van der Waals surface area contributed by atoms with E-state index in [0.717, 1.165) is 64.1 Å². The number of carbonyl (C=O) groups is 7. The van der Waals surface area contributed by atoms with Gasteiger partial charge in [-0.15, -0.1) is 12.2 Å². The molecule has 1 fully saturated rings. The smallest absolute Gasteiger partial charge is 1.00 e. The van der Waals surface area contributed by atoms with Crippen LogP contribution in [0.15, 0.2) is 22.0 Å². The van der Waals surface area contributed by atoms with Crippen LogP contribution in [0.25, 0.3) is 9.69 Å². The van der Waals surface area contributed by atoms with Crippen LogP contribution in [0.1, 0.15) is 151 Å². The minimum absolute atomic E-state index is 0. The molecule has 1 saturated heterocycles. The van der Waals surface area contributed by atoms with E-state index in [1.165, 1.54) is 32.8 Å². The van der Waals surface area contributed by atoms with Crippen LogP contribution in [-0.4, -0.2) is 192 Å². The molecule has 7 heterocycles. The number of piperidine rings is 1. The second-order valence-corrected chi connectivity index (χ2v) is 25.8. The van der Waals surface area contributed by atoms with Crippen LogP contribution in [0.4, 0.5) is 25.0 Å². The Morgan fingerprint density at radius 3 is 1.59 bits per heavy atom. The van der Waals surface area contributed by atoms with Crippen LogP contribution in [0.5, 0.6) is 0 Å². The Morgan fingerprint density at radius 2 is 1.16 bits per heavy atom. The number of hydrazine groups is 1. The number of nitrogens with one attached hydrogen (secondary N) is 5. The molecule has 0 bridgehead atoms. The quantitative estimate of drug-likeness (QED) is 0.0343. The third kappa shape index (κ3) is 39.0. The van der Waals surface area contributed by atoms with Crippen molar-refractivity contribution in [2.45, 2.75) is 177 Å². The molecule has 3 aromatic heterocycles. The summed E-state index contributed by atoms with van der Waals surface area (Å²) in [5, 5.41) is 40.0. The molecule has 0 aromatic carbocycles. The van der Waals surface area contributed by atoms with Crippen molar-refractivity contribution in [2.24, 2.45) is 17.5 Å². The van der Waals surface area contributed by atoms with Gasteiger partial charge < -0.3 is 76.3 Å². The number of rotatable bonds is 9. The zero-order valence-corrected chi connectivity index (χ0v) is 62.9. The number of Topliss-reactive ketones (excluding diaryl/α,β-unsaturated/α-hetero) is 1. The number of likely N-dealkylation sites (tertiary alicyclic amines) is 1. The molecule has 32 nitrogen and oxygen atoms in total. The molecule has 4 aliphatic heterocycles. The zero-order valence-electron chi connectivity index (χ0n) is 58.7. The maximum Gasteiger partial charge on any atom is 1.00 e. The van der Waals surface area contributed by atoms with E-state index in [9.17, 15) is 33.6 Å². The van der Waals surface area contributed by atoms with Crippen molar-refractivity contribution < 1.29 is 98.2 Å². The number of hydrogen-bond donors (Lipinski definition) is 9. The first kappa shape index (κ1) is 90.1. The van der Waals surface area contributed by atoms with Crippen molar-refractivity contribution in [3.8, 4) is 6.07 Å². The van der Waals surface area contributed by atoms with E-state index in [0.29, 0.717) is 64.7 Å². The molecule has 7 rings (SSSR count). The molecule has 4 aliphatic rings. The van der Waals surface area contributed by atoms with E-state index >= 15 is 0 Å². The number of nitrogens with two attached hydrogens (primary N) is 3. The maximum atomic E-state index is 11.9. The second-order valence-electron chi connectivity index (χ2n) is 24.3. The van der Waals surface area contributed by atoms with Crippen LogP contribution < -0.4 is 57.8 Å². The summed E-state index contributed by atoms with van der Waals surface area (Å²) in [4.78, 5) is 92.3. The first-order valence-electron chi connectivity index (χ1n) is 30.1. The Balaban J connectivity index is -0.00000107. The molecule has 528 valence electrons. The van der Waals surface area contributed by atoms with Gasteiger partial charge in [0.15, 0.2) is 5.78 Å². The van der Waals surface area contributed by atoms with Crippen LogP contribution in [-0.2, 0) is 81.7 Å². The normalized spacial score (nSPS) is 14.2. The van der Waals surface area contributed by atoms with Crippen LogP contribution in [0.2, 0.25) is 0 Å². The summed E-state index contributed by atoms with van der Waals surface area (Å²) in [6, 6.07) is 1.90. The molecule has 0 radical (unpaired) electrons. The fourth-order valence-corrected chi connectivity index (χ4v) is 8.69. The van der Waals surface area contributed by atoms with Gasteiger partial charge in [-0.05, 0) is 129 Å². The number of nitriles is 1. The number of fused-ring (bicyclic) bond motifs is 3. The largest absolute Gasteiger partial charge is 1.00 e. The summed E-state index contributed by atoms with van der Waals surface area (Å²) in [7, 11) is 0. The summed E-state index contributed by atoms with van der Waals surface area (Å²) in [6.07, 6.45) is 2.87. The Hall–Kier alpha value is -6.91. The van der Waals surface area contributed by atoms with E-state index in [1.807, 2.05) is 47.6 Å². The number of anilines is 1. The molecule has 1 unspecified atom stereocenters. The van der Waals surface area contributed by atoms with Crippen LogP contribution in [0.3, 0.4) is 0 Å². The Bertz CT molecular complexity index is 2910. The van der Waals surface area contributed by atoms with Crippen molar-refractivity contribution in [1.82, 2.24) is 61.1 Å². The van der Waals surface area contributed by atoms with E-state index in [1.54, 1.807) is 65.2 Å². The maximum absolute atomic E-state index is 11.9. The number of halogens is 2. The molecule has 3 aromatic rings. The monoisotopic (exact) mass is 1480 g/mol. The van der Waals surface area contributed by atoms with Crippen molar-refractivity contribution in [3.63, 3.8) is 0 Å². The van der Waals surface area contributed by atoms with Gasteiger partial charge in [-0.1, -0.05) is 0 Å². The number of nitrogens with zero attached hydrogens (tertiary/aromatic N) is 10. The van der Waals surface area contributed by atoms with Crippen molar-refractivity contribution in [2.75, 3.05) is 77.9 Å². The fourth-order valence-electron chi connectivity index (χ4n) is 7.77. The van der Waals surface area contributed by atoms with Gasteiger partial charge in [-0.3, -0.25) is 29.7 Å². The molecule has 1 atom stereocenters. The number of amides is 4. The fraction of sp³-hybridized carbons (Fsp3) is 0.650. The van der Waals surface area contributed by atoms with Gasteiger partial charge in [0.1, 0.15) is 49.5 Å². The second kappa shape index (κ2) is 46.3. The molecule has 12 N–H and O–H groups in total. The number of ketones is 1. The number of hydrogen-bond acceptors (Lipinski definition) is 23. The molecular formula is C60H99Br2N18NaO14. The summed E-state index contributed by atoms with van der Waals surface area (Å²) in [6.45, 7) is 47.7.